The van der Waals surface area contributed by atoms with Gasteiger partial charge in [0.15, 0.2) is 0 Å². The number of benzene rings is 1. The molecule has 6 heteroatoms. The zero-order chi connectivity index (χ0) is 15.8. The molecule has 0 aliphatic heterocycles. The fourth-order valence-corrected chi connectivity index (χ4v) is 2.02. The third kappa shape index (κ3) is 5.30. The van der Waals surface area contributed by atoms with Crippen molar-refractivity contribution in [1.29, 1.82) is 0 Å². The summed E-state index contributed by atoms with van der Waals surface area (Å²) >= 11 is 0. The van der Waals surface area contributed by atoms with Crippen molar-refractivity contribution in [2.75, 3.05) is 31.6 Å². The predicted octanol–water partition coefficient (Wildman–Crippen LogP) is 2.52. The Morgan fingerprint density at radius 3 is 2.67 bits per heavy atom. The Hall–Kier alpha value is -1.69. The molecule has 0 fully saturated rings. The van der Waals surface area contributed by atoms with E-state index >= 15 is 0 Å². The Morgan fingerprint density at radius 2 is 2.14 bits per heavy atom. The predicted molar refractivity (Wildman–Crippen MR) is 79.0 cm³/mol. The molecule has 1 aromatic carbocycles. The maximum atomic E-state index is 12.5. The van der Waals surface area contributed by atoms with Gasteiger partial charge in [-0.1, -0.05) is 6.92 Å². The number of amides is 1. The molecule has 1 rings (SSSR count). The fourth-order valence-electron chi connectivity index (χ4n) is 2.02. The highest BCUT2D eigenvalue weighted by molar-refractivity contribution is 5.96. The lowest BCUT2D eigenvalue weighted by atomic mass is 10.1. The molecule has 21 heavy (non-hydrogen) atoms. The highest BCUT2D eigenvalue weighted by Crippen LogP contribution is 2.17. The molecule has 0 aliphatic rings. The second kappa shape index (κ2) is 8.56. The van der Waals surface area contributed by atoms with Crippen LogP contribution in [0.1, 0.15) is 29.3 Å². The molecule has 0 heterocycles. The van der Waals surface area contributed by atoms with Gasteiger partial charge < -0.3 is 15.3 Å². The third-order valence-corrected chi connectivity index (χ3v) is 3.05. The summed E-state index contributed by atoms with van der Waals surface area (Å²) in [6.07, 6.45) is -1.63. The minimum absolute atomic E-state index is 0.0988. The largest absolute Gasteiger partial charge is 0.395 e. The molecule has 0 atom stereocenters. The number of anilines is 1. The highest BCUT2D eigenvalue weighted by atomic mass is 19.3. The molecule has 0 bridgehead atoms. The lowest BCUT2D eigenvalue weighted by molar-refractivity contribution is 0.0508. The lowest BCUT2D eigenvalue weighted by Gasteiger charge is -2.22. The van der Waals surface area contributed by atoms with Crippen LogP contribution in [0.25, 0.3) is 0 Å². The van der Waals surface area contributed by atoms with Crippen LogP contribution >= 0.6 is 0 Å². The van der Waals surface area contributed by atoms with Gasteiger partial charge in [-0.15, -0.1) is 0 Å². The number of carbonyl (C=O) groups excluding carboxylic acids is 1. The summed E-state index contributed by atoms with van der Waals surface area (Å²) in [5.74, 6) is -0.483. The molecule has 1 amide bonds. The van der Waals surface area contributed by atoms with Gasteiger partial charge >= 0.3 is 0 Å². The van der Waals surface area contributed by atoms with Gasteiger partial charge in [0.25, 0.3) is 12.3 Å². The molecule has 2 N–H and O–H groups in total. The van der Waals surface area contributed by atoms with Crippen molar-refractivity contribution >= 4 is 11.6 Å². The van der Waals surface area contributed by atoms with Crippen molar-refractivity contribution in [3.63, 3.8) is 0 Å². The molecule has 0 spiro atoms. The number of aryl methyl sites for hydroxylation is 1. The maximum absolute atomic E-state index is 12.5. The number of halogens is 2. The van der Waals surface area contributed by atoms with E-state index in [4.69, 9.17) is 5.11 Å². The summed E-state index contributed by atoms with van der Waals surface area (Å²) < 4.78 is 25.0. The molecule has 0 unspecified atom stereocenters. The Kier molecular flexibility index (Phi) is 7.08. The molecule has 0 saturated heterocycles. The first-order valence-corrected chi connectivity index (χ1v) is 7.02. The van der Waals surface area contributed by atoms with Gasteiger partial charge in [-0.3, -0.25) is 4.79 Å². The van der Waals surface area contributed by atoms with Crippen LogP contribution in [0.15, 0.2) is 18.2 Å². The van der Waals surface area contributed by atoms with Crippen LogP contribution in [0.2, 0.25) is 0 Å². The number of nitrogens with zero attached hydrogens (tertiary/aromatic N) is 1. The van der Waals surface area contributed by atoms with Crippen LogP contribution in [-0.2, 0) is 0 Å². The van der Waals surface area contributed by atoms with Gasteiger partial charge in [0.1, 0.15) is 0 Å². The monoisotopic (exact) mass is 300 g/mol. The van der Waals surface area contributed by atoms with Gasteiger partial charge in [-0.25, -0.2) is 8.78 Å². The number of hydrogen-bond acceptors (Lipinski definition) is 3. The molecule has 1 aromatic rings. The molecule has 0 radical (unpaired) electrons. The first-order chi connectivity index (χ1) is 9.99. The standard InChI is InChI=1S/C15H22F2N2O2/c1-3-6-18-12-4-5-13(11(2)9-12)15(21)19(7-8-20)10-14(16)17/h4-5,9,14,18,20H,3,6-8,10H2,1-2H3. The van der Waals surface area contributed by atoms with E-state index < -0.39 is 18.9 Å². The van der Waals surface area contributed by atoms with E-state index in [2.05, 4.69) is 12.2 Å². The summed E-state index contributed by atoms with van der Waals surface area (Å²) in [5, 5.41) is 12.1. The first-order valence-electron chi connectivity index (χ1n) is 7.02. The highest BCUT2D eigenvalue weighted by Gasteiger charge is 2.20. The van der Waals surface area contributed by atoms with Crippen molar-refractivity contribution in [2.45, 2.75) is 26.7 Å². The topological polar surface area (TPSA) is 52.6 Å². The molecule has 0 saturated carbocycles. The number of nitrogens with one attached hydrogen (secondary N) is 1. The van der Waals surface area contributed by atoms with Crippen molar-refractivity contribution in [1.82, 2.24) is 4.90 Å². The SMILES string of the molecule is CCCNc1ccc(C(=O)N(CCO)CC(F)F)c(C)c1. The van der Waals surface area contributed by atoms with Gasteiger partial charge in [0, 0.05) is 24.3 Å². The summed E-state index contributed by atoms with van der Waals surface area (Å²) in [5.41, 5.74) is 2.00. The zero-order valence-electron chi connectivity index (χ0n) is 12.4. The summed E-state index contributed by atoms with van der Waals surface area (Å²) in [7, 11) is 0. The summed E-state index contributed by atoms with van der Waals surface area (Å²) in [6.45, 7) is 3.54. The quantitative estimate of drug-likeness (QED) is 0.775. The average molecular weight is 300 g/mol. The van der Waals surface area contributed by atoms with E-state index in [1.807, 2.05) is 6.07 Å². The Balaban J connectivity index is 2.89. The van der Waals surface area contributed by atoms with Gasteiger partial charge in [0.05, 0.1) is 13.2 Å². The second-order valence-corrected chi connectivity index (χ2v) is 4.82. The summed E-state index contributed by atoms with van der Waals surface area (Å²) in [6, 6.07) is 5.21. The normalized spacial score (nSPS) is 10.8. The molecule has 4 nitrogen and oxygen atoms in total. The van der Waals surface area contributed by atoms with Gasteiger partial charge in [-0.05, 0) is 37.1 Å². The van der Waals surface area contributed by atoms with Crippen molar-refractivity contribution in [3.8, 4) is 0 Å². The first kappa shape index (κ1) is 17.4. The lowest BCUT2D eigenvalue weighted by Crippen LogP contribution is -2.37. The van der Waals surface area contributed by atoms with E-state index in [9.17, 15) is 13.6 Å². The number of hydrogen-bond donors (Lipinski definition) is 2. The minimum atomic E-state index is -2.62. The van der Waals surface area contributed by atoms with Crippen molar-refractivity contribution in [3.05, 3.63) is 29.3 Å². The Morgan fingerprint density at radius 1 is 1.43 bits per heavy atom. The Bertz CT molecular complexity index is 467. The van der Waals surface area contributed by atoms with Crippen LogP contribution in [0.5, 0.6) is 0 Å². The second-order valence-electron chi connectivity index (χ2n) is 4.82. The van der Waals surface area contributed by atoms with Gasteiger partial charge in [-0.2, -0.15) is 0 Å². The van der Waals surface area contributed by atoms with E-state index in [-0.39, 0.29) is 13.2 Å². The van der Waals surface area contributed by atoms with Crippen LogP contribution in [-0.4, -0.2) is 48.6 Å². The van der Waals surface area contributed by atoms with Crippen molar-refractivity contribution in [2.24, 2.45) is 0 Å². The Labute approximate surface area is 123 Å². The van der Waals surface area contributed by atoms with E-state index in [1.54, 1.807) is 19.1 Å². The molecule has 0 aliphatic carbocycles. The third-order valence-electron chi connectivity index (χ3n) is 3.05. The fraction of sp³-hybridized carbons (Fsp3) is 0.533. The smallest absolute Gasteiger partial charge is 0.255 e. The average Bonchev–Trinajstić information content (AvgIpc) is 2.43. The van der Waals surface area contributed by atoms with E-state index in [0.717, 1.165) is 29.1 Å². The number of rotatable bonds is 8. The maximum Gasteiger partial charge on any atom is 0.255 e. The van der Waals surface area contributed by atoms with E-state index in [0.29, 0.717) is 5.56 Å². The number of aliphatic hydroxyl groups excluding tert-OH is 1. The van der Waals surface area contributed by atoms with Crippen LogP contribution in [0.3, 0.4) is 0 Å². The molecule has 0 aromatic heterocycles. The molecular weight excluding hydrogens is 278 g/mol. The van der Waals surface area contributed by atoms with Crippen LogP contribution in [0, 0.1) is 6.92 Å². The number of carbonyl (C=O) groups is 1. The van der Waals surface area contributed by atoms with Crippen LogP contribution < -0.4 is 5.32 Å². The van der Waals surface area contributed by atoms with E-state index in [1.165, 1.54) is 0 Å². The van der Waals surface area contributed by atoms with Crippen LogP contribution in [0.4, 0.5) is 14.5 Å². The number of aliphatic hydroxyl groups is 1. The van der Waals surface area contributed by atoms with Crippen molar-refractivity contribution < 1.29 is 18.7 Å². The minimum Gasteiger partial charge on any atom is -0.395 e. The molecular formula is C15H22F2N2O2. The zero-order valence-corrected chi connectivity index (χ0v) is 12.4. The molecule has 118 valence electrons. The summed E-state index contributed by atoms with van der Waals surface area (Å²) in [4.78, 5) is 13.3. The van der Waals surface area contributed by atoms with Gasteiger partial charge in [0.2, 0.25) is 0 Å². The number of alkyl halides is 2.